The number of rotatable bonds is 6. The van der Waals surface area contributed by atoms with Gasteiger partial charge in [-0.25, -0.2) is 9.97 Å². The van der Waals surface area contributed by atoms with E-state index < -0.39 is 0 Å². The lowest BCUT2D eigenvalue weighted by molar-refractivity contribution is 0.259. The van der Waals surface area contributed by atoms with Crippen LogP contribution in [0.4, 0.5) is 0 Å². The Balaban J connectivity index is 1.70. The molecule has 2 aromatic rings. The topological polar surface area (TPSA) is 32.3 Å². The van der Waals surface area contributed by atoms with Crippen LogP contribution in [0.2, 0.25) is 0 Å². The number of benzene rings is 1. The van der Waals surface area contributed by atoms with Gasteiger partial charge in [-0.15, -0.1) is 0 Å². The van der Waals surface area contributed by atoms with Gasteiger partial charge >= 0.3 is 0 Å². The Morgan fingerprint density at radius 2 is 1.80 bits per heavy atom. The van der Waals surface area contributed by atoms with Gasteiger partial charge in [-0.05, 0) is 32.3 Å². The zero-order valence-corrected chi connectivity index (χ0v) is 16.5. The van der Waals surface area contributed by atoms with E-state index in [-0.39, 0.29) is 0 Å². The average Bonchev–Trinajstić information content (AvgIpc) is 3.02. The molecular formula is C20H28N4S. The molecule has 4 nitrogen and oxygen atoms in total. The fourth-order valence-corrected chi connectivity index (χ4v) is 4.06. The lowest BCUT2D eigenvalue weighted by atomic mass is 9.93. The quantitative estimate of drug-likeness (QED) is 0.585. The van der Waals surface area contributed by atoms with Crippen LogP contribution in [0.25, 0.3) is 0 Å². The van der Waals surface area contributed by atoms with Crippen LogP contribution >= 0.6 is 11.8 Å². The molecule has 1 aliphatic heterocycles. The number of thioether (sulfide) groups is 1. The average molecular weight is 357 g/mol. The summed E-state index contributed by atoms with van der Waals surface area (Å²) in [5.41, 5.74) is 3.96. The maximum atomic E-state index is 4.47. The fraction of sp³-hybridized carbons (Fsp3) is 0.500. The molecule has 25 heavy (non-hydrogen) atoms. The summed E-state index contributed by atoms with van der Waals surface area (Å²) in [4.78, 5) is 13.8. The Bertz CT molecular complexity index is 669. The number of aryl methyl sites for hydroxylation is 1. The van der Waals surface area contributed by atoms with Crippen LogP contribution in [-0.2, 0) is 6.54 Å². The number of hydrogen-bond acceptors (Lipinski definition) is 5. The van der Waals surface area contributed by atoms with E-state index in [1.165, 1.54) is 16.7 Å². The molecule has 0 unspecified atom stereocenters. The van der Waals surface area contributed by atoms with E-state index in [1.54, 1.807) is 11.8 Å². The highest BCUT2D eigenvalue weighted by Crippen LogP contribution is 2.31. The highest BCUT2D eigenvalue weighted by molar-refractivity contribution is 7.99. The van der Waals surface area contributed by atoms with Gasteiger partial charge in [-0.1, -0.05) is 48.5 Å². The minimum atomic E-state index is 0.540. The van der Waals surface area contributed by atoms with E-state index in [0.717, 1.165) is 30.5 Å². The molecule has 1 aromatic heterocycles. The molecule has 1 aliphatic rings. The van der Waals surface area contributed by atoms with Crippen molar-refractivity contribution in [3.63, 3.8) is 0 Å². The van der Waals surface area contributed by atoms with Gasteiger partial charge in [-0.2, -0.15) is 0 Å². The van der Waals surface area contributed by atoms with Crippen LogP contribution < -0.4 is 0 Å². The molecule has 0 saturated carbocycles. The Morgan fingerprint density at radius 3 is 2.40 bits per heavy atom. The van der Waals surface area contributed by atoms with Gasteiger partial charge in [0.1, 0.15) is 0 Å². The van der Waals surface area contributed by atoms with Crippen molar-refractivity contribution in [1.82, 2.24) is 19.8 Å². The molecular weight excluding hydrogens is 328 g/mol. The van der Waals surface area contributed by atoms with Crippen molar-refractivity contribution in [3.05, 3.63) is 53.3 Å². The van der Waals surface area contributed by atoms with Crippen molar-refractivity contribution in [2.45, 2.75) is 37.5 Å². The maximum absolute atomic E-state index is 4.47. The second-order valence-corrected chi connectivity index (χ2v) is 8.28. The summed E-state index contributed by atoms with van der Waals surface area (Å²) >= 11 is 1.69. The Hall–Kier alpha value is -1.43. The second-order valence-electron chi connectivity index (χ2n) is 7.05. The third-order valence-electron chi connectivity index (χ3n) is 4.89. The molecule has 0 bridgehead atoms. The lowest BCUT2D eigenvalue weighted by Crippen LogP contribution is -2.34. The largest absolute Gasteiger partial charge is 0.305 e. The smallest absolute Gasteiger partial charge is 0.187 e. The molecule has 3 rings (SSSR count). The van der Waals surface area contributed by atoms with Crippen LogP contribution in [0, 0.1) is 6.92 Å². The normalized spacial score (nSPS) is 21.2. The number of hydrogen-bond donors (Lipinski definition) is 0. The van der Waals surface area contributed by atoms with Crippen molar-refractivity contribution in [2.75, 3.05) is 32.9 Å². The number of nitrogens with zero attached hydrogens (tertiary/aromatic N) is 4. The summed E-state index contributed by atoms with van der Waals surface area (Å²) in [5.74, 6) is 1.56. The van der Waals surface area contributed by atoms with Gasteiger partial charge in [0.25, 0.3) is 0 Å². The van der Waals surface area contributed by atoms with E-state index in [2.05, 4.69) is 72.0 Å². The van der Waals surface area contributed by atoms with Crippen LogP contribution in [0.5, 0.6) is 0 Å². The molecule has 2 atom stereocenters. The summed E-state index contributed by atoms with van der Waals surface area (Å²) in [6.45, 7) is 7.35. The molecule has 134 valence electrons. The third-order valence-corrected chi connectivity index (χ3v) is 5.65. The van der Waals surface area contributed by atoms with Crippen molar-refractivity contribution in [1.29, 1.82) is 0 Å². The van der Waals surface area contributed by atoms with Gasteiger partial charge in [-0.3, -0.25) is 4.90 Å². The molecule has 0 spiro atoms. The van der Waals surface area contributed by atoms with E-state index >= 15 is 0 Å². The molecule has 0 aliphatic carbocycles. The van der Waals surface area contributed by atoms with Crippen molar-refractivity contribution < 1.29 is 0 Å². The van der Waals surface area contributed by atoms with Gasteiger partial charge in [0, 0.05) is 49.6 Å². The van der Waals surface area contributed by atoms with Crippen molar-refractivity contribution in [2.24, 2.45) is 0 Å². The zero-order valence-electron chi connectivity index (χ0n) is 15.6. The van der Waals surface area contributed by atoms with Gasteiger partial charge < -0.3 is 4.90 Å². The van der Waals surface area contributed by atoms with E-state index in [4.69, 9.17) is 0 Å². The third kappa shape index (κ3) is 4.60. The van der Waals surface area contributed by atoms with E-state index in [1.807, 2.05) is 12.4 Å². The predicted molar refractivity (Wildman–Crippen MR) is 105 cm³/mol. The molecule has 2 heterocycles. The minimum absolute atomic E-state index is 0.540. The van der Waals surface area contributed by atoms with Crippen molar-refractivity contribution in [3.8, 4) is 0 Å². The molecule has 1 aromatic carbocycles. The predicted octanol–water partition coefficient (Wildman–Crippen LogP) is 3.43. The van der Waals surface area contributed by atoms with Crippen LogP contribution in [0.1, 0.15) is 29.5 Å². The molecule has 0 amide bonds. The SMILES string of the molecule is CCSc1ncc(CN2C[C@@H](N(C)C)[C@H](c3ccc(C)cc3)C2)cn1. The first kappa shape index (κ1) is 18.4. The van der Waals surface area contributed by atoms with Crippen LogP contribution in [0.15, 0.2) is 41.8 Å². The number of aromatic nitrogens is 2. The fourth-order valence-electron chi connectivity index (χ4n) is 3.55. The summed E-state index contributed by atoms with van der Waals surface area (Å²) in [6.07, 6.45) is 3.96. The molecule has 1 saturated heterocycles. The Morgan fingerprint density at radius 1 is 1.12 bits per heavy atom. The van der Waals surface area contributed by atoms with Gasteiger partial charge in [0.2, 0.25) is 0 Å². The molecule has 1 fully saturated rings. The monoisotopic (exact) mass is 356 g/mol. The molecule has 5 heteroatoms. The minimum Gasteiger partial charge on any atom is -0.305 e. The Kier molecular flexibility index (Phi) is 6.10. The summed E-state index contributed by atoms with van der Waals surface area (Å²) < 4.78 is 0. The summed E-state index contributed by atoms with van der Waals surface area (Å²) in [7, 11) is 4.38. The highest BCUT2D eigenvalue weighted by atomic mass is 32.2. The molecule has 0 N–H and O–H groups in total. The van der Waals surface area contributed by atoms with E-state index in [0.29, 0.717) is 12.0 Å². The maximum Gasteiger partial charge on any atom is 0.187 e. The first-order chi connectivity index (χ1) is 12.1. The van der Waals surface area contributed by atoms with Gasteiger partial charge in [0.05, 0.1) is 0 Å². The number of likely N-dealkylation sites (N-methyl/N-ethyl adjacent to an activating group) is 1. The molecule has 0 radical (unpaired) electrons. The first-order valence-corrected chi connectivity index (χ1v) is 9.94. The highest BCUT2D eigenvalue weighted by Gasteiger charge is 2.35. The summed E-state index contributed by atoms with van der Waals surface area (Å²) in [6, 6.07) is 9.57. The van der Waals surface area contributed by atoms with Crippen molar-refractivity contribution >= 4 is 11.8 Å². The zero-order chi connectivity index (χ0) is 17.8. The standard InChI is InChI=1S/C20H28N4S/c1-5-25-20-21-10-16(11-22-20)12-24-13-18(19(14-24)23(3)4)17-8-6-15(2)7-9-17/h6-11,18-19H,5,12-14H2,1-4H3/t18-,19+/m0/s1. The first-order valence-electron chi connectivity index (χ1n) is 8.96. The number of likely N-dealkylation sites (tertiary alicyclic amines) is 1. The second kappa shape index (κ2) is 8.30. The lowest BCUT2D eigenvalue weighted by Gasteiger charge is -2.25. The summed E-state index contributed by atoms with van der Waals surface area (Å²) in [5, 5.41) is 0.872. The van der Waals surface area contributed by atoms with Gasteiger partial charge in [0.15, 0.2) is 5.16 Å². The van der Waals surface area contributed by atoms with Crippen LogP contribution in [0.3, 0.4) is 0 Å². The van der Waals surface area contributed by atoms with E-state index in [9.17, 15) is 0 Å². The van der Waals surface area contributed by atoms with Crippen LogP contribution in [-0.4, -0.2) is 58.7 Å². The Labute approximate surface area is 155 Å².